The zero-order chi connectivity index (χ0) is 19.0. The molecule has 1 aliphatic carbocycles. The highest BCUT2D eigenvalue weighted by molar-refractivity contribution is 5.75. The first-order chi connectivity index (χ1) is 12.5. The van der Waals surface area contributed by atoms with E-state index in [-0.39, 0.29) is 0 Å². The number of unbranched alkanes of at least 4 members (excludes halogenated alkanes) is 4. The molecule has 0 radical (unpaired) electrons. The van der Waals surface area contributed by atoms with Crippen LogP contribution in [0.5, 0.6) is 0 Å². The quantitative estimate of drug-likeness (QED) is 0.443. The monoisotopic (exact) mass is 364 g/mol. The number of carboxylic acid groups (broad SMARTS) is 1. The maximum atomic E-state index is 13.1. The molecule has 0 spiro atoms. The first-order valence-corrected chi connectivity index (χ1v) is 9.14. The fourth-order valence-corrected chi connectivity index (χ4v) is 3.29. The molecule has 0 aliphatic heterocycles. The van der Waals surface area contributed by atoms with E-state index in [1.54, 1.807) is 12.1 Å². The number of halogens is 2. The number of ether oxygens (including phenoxy) is 1. The Labute approximate surface area is 153 Å². The molecule has 5 heteroatoms. The van der Waals surface area contributed by atoms with Crippen molar-refractivity contribution in [2.45, 2.75) is 57.7 Å². The van der Waals surface area contributed by atoms with Gasteiger partial charge in [0.2, 0.25) is 0 Å². The molecule has 26 heavy (non-hydrogen) atoms. The summed E-state index contributed by atoms with van der Waals surface area (Å²) in [4.78, 5) is 11.1. The van der Waals surface area contributed by atoms with E-state index >= 15 is 0 Å². The molecular weight excluding hydrogens is 338 g/mol. The van der Waals surface area contributed by atoms with E-state index < -0.39 is 24.1 Å². The minimum Gasteiger partial charge on any atom is -0.481 e. The number of carbonyl (C=O) groups is 1. The SMILES string of the molecule is CCCCCCCc1ccccc1C1(OC(F)F)C=CC(C(=O)O)C=C1. The summed E-state index contributed by atoms with van der Waals surface area (Å²) < 4.78 is 31.2. The Morgan fingerprint density at radius 2 is 1.81 bits per heavy atom. The average Bonchev–Trinajstić information content (AvgIpc) is 2.61. The standard InChI is InChI=1S/C21H26F2O3/c1-2-3-4-5-6-9-16-10-7-8-11-18(16)21(26-20(22)23)14-12-17(13-15-21)19(24)25/h7-8,10-15,17,20H,2-6,9H2,1H3,(H,24,25). The van der Waals surface area contributed by atoms with Crippen LogP contribution in [0.25, 0.3) is 0 Å². The van der Waals surface area contributed by atoms with Crippen molar-refractivity contribution < 1.29 is 23.4 Å². The van der Waals surface area contributed by atoms with Crippen LogP contribution in [0.4, 0.5) is 8.78 Å². The second kappa shape index (κ2) is 9.62. The fourth-order valence-electron chi connectivity index (χ4n) is 3.29. The van der Waals surface area contributed by atoms with Gasteiger partial charge < -0.3 is 9.84 Å². The predicted molar refractivity (Wildman–Crippen MR) is 97.1 cm³/mol. The summed E-state index contributed by atoms with van der Waals surface area (Å²) in [5, 5.41) is 9.11. The summed E-state index contributed by atoms with van der Waals surface area (Å²) in [6.07, 6.45) is 12.1. The third-order valence-electron chi connectivity index (χ3n) is 4.66. The third-order valence-corrected chi connectivity index (χ3v) is 4.66. The molecule has 0 amide bonds. The van der Waals surface area contributed by atoms with Crippen molar-refractivity contribution in [3.8, 4) is 0 Å². The van der Waals surface area contributed by atoms with Crippen molar-refractivity contribution >= 4 is 5.97 Å². The zero-order valence-electron chi connectivity index (χ0n) is 15.0. The van der Waals surface area contributed by atoms with E-state index in [0.717, 1.165) is 31.2 Å². The van der Waals surface area contributed by atoms with Gasteiger partial charge in [0.05, 0.1) is 5.92 Å². The highest BCUT2D eigenvalue weighted by Crippen LogP contribution is 2.37. The van der Waals surface area contributed by atoms with Gasteiger partial charge in [-0.05, 0) is 36.1 Å². The van der Waals surface area contributed by atoms with Gasteiger partial charge in [-0.15, -0.1) is 0 Å². The number of alkyl halides is 2. The van der Waals surface area contributed by atoms with E-state index in [4.69, 9.17) is 9.84 Å². The van der Waals surface area contributed by atoms with Gasteiger partial charge in [-0.2, -0.15) is 8.78 Å². The van der Waals surface area contributed by atoms with Crippen LogP contribution < -0.4 is 0 Å². The lowest BCUT2D eigenvalue weighted by Crippen LogP contribution is -2.31. The second-order valence-corrected chi connectivity index (χ2v) is 6.58. The number of hydrogen-bond donors (Lipinski definition) is 1. The Morgan fingerprint density at radius 3 is 2.42 bits per heavy atom. The van der Waals surface area contributed by atoms with E-state index in [1.165, 1.54) is 37.1 Å². The lowest BCUT2D eigenvalue weighted by Gasteiger charge is -2.32. The Kier molecular flexibility index (Phi) is 7.51. The number of aliphatic carboxylic acids is 1. The molecular formula is C21H26F2O3. The molecule has 0 aromatic heterocycles. The van der Waals surface area contributed by atoms with E-state index in [0.29, 0.717) is 5.56 Å². The van der Waals surface area contributed by atoms with Crippen LogP contribution in [-0.4, -0.2) is 17.7 Å². The highest BCUT2D eigenvalue weighted by atomic mass is 19.3. The van der Waals surface area contributed by atoms with E-state index in [9.17, 15) is 13.6 Å². The Balaban J connectivity index is 2.25. The van der Waals surface area contributed by atoms with Crippen LogP contribution in [-0.2, 0) is 21.6 Å². The van der Waals surface area contributed by atoms with Crippen molar-refractivity contribution in [2.75, 3.05) is 0 Å². The number of rotatable bonds is 10. The predicted octanol–water partition coefficient (Wildman–Crippen LogP) is 5.46. The highest BCUT2D eigenvalue weighted by Gasteiger charge is 2.36. The van der Waals surface area contributed by atoms with Crippen LogP contribution in [0, 0.1) is 5.92 Å². The molecule has 2 rings (SSSR count). The molecule has 142 valence electrons. The molecule has 0 atom stereocenters. The van der Waals surface area contributed by atoms with Gasteiger partial charge in [0.1, 0.15) is 5.60 Å². The van der Waals surface area contributed by atoms with Crippen molar-refractivity contribution in [1.82, 2.24) is 0 Å². The minimum atomic E-state index is -2.97. The summed E-state index contributed by atoms with van der Waals surface area (Å²) in [6.45, 7) is -0.810. The van der Waals surface area contributed by atoms with E-state index in [2.05, 4.69) is 6.92 Å². The number of benzene rings is 1. The number of carboxylic acids is 1. The third kappa shape index (κ3) is 5.24. The molecule has 1 N–H and O–H groups in total. The lowest BCUT2D eigenvalue weighted by atomic mass is 9.83. The summed E-state index contributed by atoms with van der Waals surface area (Å²) in [6, 6.07) is 7.38. The van der Waals surface area contributed by atoms with Gasteiger partial charge in [0, 0.05) is 0 Å². The molecule has 0 bridgehead atoms. The van der Waals surface area contributed by atoms with Gasteiger partial charge in [0.25, 0.3) is 0 Å². The summed E-state index contributed by atoms with van der Waals surface area (Å²) in [5.74, 6) is -1.85. The first kappa shape index (κ1) is 20.3. The topological polar surface area (TPSA) is 46.5 Å². The molecule has 1 aromatic carbocycles. The first-order valence-electron chi connectivity index (χ1n) is 9.14. The van der Waals surface area contributed by atoms with Gasteiger partial charge in [-0.1, -0.05) is 69.0 Å². The number of hydrogen-bond acceptors (Lipinski definition) is 2. The molecule has 1 aliphatic rings. The van der Waals surface area contributed by atoms with Crippen LogP contribution >= 0.6 is 0 Å². The Bertz CT molecular complexity index is 638. The molecule has 1 aromatic rings. The Morgan fingerprint density at radius 1 is 1.15 bits per heavy atom. The molecule has 0 heterocycles. The van der Waals surface area contributed by atoms with Gasteiger partial charge in [-0.3, -0.25) is 4.79 Å². The lowest BCUT2D eigenvalue weighted by molar-refractivity contribution is -0.180. The van der Waals surface area contributed by atoms with E-state index in [1.807, 2.05) is 12.1 Å². The van der Waals surface area contributed by atoms with Crippen molar-refractivity contribution in [2.24, 2.45) is 5.92 Å². The maximum Gasteiger partial charge on any atom is 0.346 e. The Hall–Kier alpha value is -2.01. The molecule has 0 unspecified atom stereocenters. The largest absolute Gasteiger partial charge is 0.481 e. The normalized spacial score (nSPS) is 22.1. The summed E-state index contributed by atoms with van der Waals surface area (Å²) in [5.41, 5.74) is 0.167. The molecule has 0 saturated carbocycles. The molecule has 3 nitrogen and oxygen atoms in total. The molecule has 0 fully saturated rings. The summed E-state index contributed by atoms with van der Waals surface area (Å²) in [7, 11) is 0. The second-order valence-electron chi connectivity index (χ2n) is 6.58. The average molecular weight is 364 g/mol. The smallest absolute Gasteiger partial charge is 0.346 e. The molecule has 0 saturated heterocycles. The zero-order valence-corrected chi connectivity index (χ0v) is 15.0. The fraction of sp³-hybridized carbons (Fsp3) is 0.476. The van der Waals surface area contributed by atoms with Gasteiger partial charge in [-0.25, -0.2) is 0 Å². The van der Waals surface area contributed by atoms with Crippen molar-refractivity contribution in [1.29, 1.82) is 0 Å². The number of aryl methyl sites for hydroxylation is 1. The van der Waals surface area contributed by atoms with Crippen molar-refractivity contribution in [3.05, 3.63) is 59.7 Å². The van der Waals surface area contributed by atoms with Crippen LogP contribution in [0.3, 0.4) is 0 Å². The van der Waals surface area contributed by atoms with Crippen molar-refractivity contribution in [3.63, 3.8) is 0 Å². The summed E-state index contributed by atoms with van der Waals surface area (Å²) >= 11 is 0. The minimum absolute atomic E-state index is 0.645. The van der Waals surface area contributed by atoms with Crippen LogP contribution in [0.15, 0.2) is 48.6 Å². The van der Waals surface area contributed by atoms with Crippen LogP contribution in [0.2, 0.25) is 0 Å². The van der Waals surface area contributed by atoms with Gasteiger partial charge >= 0.3 is 12.6 Å². The van der Waals surface area contributed by atoms with Gasteiger partial charge in [0.15, 0.2) is 0 Å². The maximum absolute atomic E-state index is 13.1. The van der Waals surface area contributed by atoms with Crippen LogP contribution in [0.1, 0.15) is 50.2 Å².